The Morgan fingerprint density at radius 1 is 0.567 bits per heavy atom. The van der Waals surface area contributed by atoms with E-state index < -0.39 is 34.9 Å². The van der Waals surface area contributed by atoms with Gasteiger partial charge in [0.05, 0.1) is 22.3 Å². The molecular formula is C22H32N2O6. The van der Waals surface area contributed by atoms with Gasteiger partial charge in [0.15, 0.2) is 0 Å². The zero-order valence-corrected chi connectivity index (χ0v) is 18.9. The molecule has 0 atom stereocenters. The molecule has 8 heteroatoms. The number of nitrogens with zero attached hydrogens (tertiary/aromatic N) is 2. The second kappa shape index (κ2) is 9.73. The summed E-state index contributed by atoms with van der Waals surface area (Å²) < 4.78 is 0. The largest absolute Gasteiger partial charge is 0.478 e. The van der Waals surface area contributed by atoms with Gasteiger partial charge in [-0.2, -0.15) is 0 Å². The average Bonchev–Trinajstić information content (AvgIpc) is 2.58. The monoisotopic (exact) mass is 420 g/mol. The van der Waals surface area contributed by atoms with Crippen LogP contribution in [-0.2, 0) is 0 Å². The first-order chi connectivity index (χ1) is 13.7. The second-order valence-corrected chi connectivity index (χ2v) is 8.35. The fraction of sp³-hybridized carbons (Fsp3) is 0.545. The molecule has 0 aromatic heterocycles. The lowest BCUT2D eigenvalue weighted by Gasteiger charge is -2.33. The maximum Gasteiger partial charge on any atom is 0.336 e. The smallest absolute Gasteiger partial charge is 0.336 e. The molecule has 1 aromatic rings. The first kappa shape index (κ1) is 25.1. The van der Waals surface area contributed by atoms with Crippen LogP contribution < -0.4 is 0 Å². The predicted octanol–water partition coefficient (Wildman–Crippen LogP) is 3.60. The molecule has 2 N–H and O–H groups in total. The summed E-state index contributed by atoms with van der Waals surface area (Å²) in [6.45, 7) is 14.4. The highest BCUT2D eigenvalue weighted by Crippen LogP contribution is 2.24. The number of amides is 2. The third kappa shape index (κ3) is 5.17. The average molecular weight is 421 g/mol. The molecule has 0 saturated heterocycles. The number of aromatic carboxylic acids is 2. The number of carbonyl (C=O) groups is 4. The molecule has 2 amide bonds. The molecule has 1 rings (SSSR count). The molecule has 0 bridgehead atoms. The van der Waals surface area contributed by atoms with Gasteiger partial charge >= 0.3 is 11.9 Å². The maximum absolute atomic E-state index is 13.2. The lowest BCUT2D eigenvalue weighted by molar-refractivity contribution is 0.0606. The van der Waals surface area contributed by atoms with E-state index in [1.165, 1.54) is 9.80 Å². The molecule has 1 aromatic carbocycles. The van der Waals surface area contributed by atoms with Crippen LogP contribution >= 0.6 is 0 Å². The van der Waals surface area contributed by atoms with Crippen molar-refractivity contribution in [2.24, 2.45) is 0 Å². The van der Waals surface area contributed by atoms with Gasteiger partial charge in [-0.15, -0.1) is 0 Å². The highest BCUT2D eigenvalue weighted by atomic mass is 16.4. The van der Waals surface area contributed by atoms with Gasteiger partial charge in [0, 0.05) is 24.2 Å². The Labute approximate surface area is 177 Å². The molecule has 0 radical (unpaired) electrons. The molecule has 0 aliphatic rings. The molecule has 166 valence electrons. The molecule has 0 aliphatic heterocycles. The van der Waals surface area contributed by atoms with Crippen LogP contribution in [0.5, 0.6) is 0 Å². The Bertz CT molecular complexity index is 761. The van der Waals surface area contributed by atoms with E-state index in [0.29, 0.717) is 0 Å². The SMILES string of the molecule is CC(C)N(C(=O)c1cc(C(=O)N(C(C)C)C(C)C)c(C(=O)O)cc1C(=O)O)C(C)C. The van der Waals surface area contributed by atoms with E-state index in [1.807, 2.05) is 0 Å². The Balaban J connectivity index is 3.85. The van der Waals surface area contributed by atoms with Crippen molar-refractivity contribution in [3.8, 4) is 0 Å². The summed E-state index contributed by atoms with van der Waals surface area (Å²) in [6.07, 6.45) is 0. The van der Waals surface area contributed by atoms with Crippen LogP contribution in [-0.4, -0.2) is 67.9 Å². The third-order valence-electron chi connectivity index (χ3n) is 4.77. The molecule has 0 saturated carbocycles. The summed E-state index contributed by atoms with van der Waals surface area (Å²) in [7, 11) is 0. The Morgan fingerprint density at radius 2 is 0.800 bits per heavy atom. The van der Waals surface area contributed by atoms with Crippen molar-refractivity contribution in [1.29, 1.82) is 0 Å². The van der Waals surface area contributed by atoms with Crippen molar-refractivity contribution in [2.75, 3.05) is 0 Å². The van der Waals surface area contributed by atoms with E-state index in [2.05, 4.69) is 0 Å². The Kier molecular flexibility index (Phi) is 8.16. The zero-order valence-electron chi connectivity index (χ0n) is 18.9. The summed E-state index contributed by atoms with van der Waals surface area (Å²) in [5.41, 5.74) is -1.29. The van der Waals surface area contributed by atoms with E-state index in [4.69, 9.17) is 0 Å². The van der Waals surface area contributed by atoms with Crippen LogP contribution in [0.15, 0.2) is 12.1 Å². The molecule has 0 unspecified atom stereocenters. The number of carbonyl (C=O) groups excluding carboxylic acids is 2. The van der Waals surface area contributed by atoms with Gasteiger partial charge in [-0.25, -0.2) is 9.59 Å². The van der Waals surface area contributed by atoms with Gasteiger partial charge in [-0.3, -0.25) is 9.59 Å². The van der Waals surface area contributed by atoms with E-state index in [9.17, 15) is 29.4 Å². The number of hydrogen-bond donors (Lipinski definition) is 2. The van der Waals surface area contributed by atoms with Crippen molar-refractivity contribution >= 4 is 23.8 Å². The normalized spacial score (nSPS) is 11.3. The fourth-order valence-electron chi connectivity index (χ4n) is 3.72. The zero-order chi connectivity index (χ0) is 23.5. The van der Waals surface area contributed by atoms with E-state index >= 15 is 0 Å². The number of hydrogen-bond acceptors (Lipinski definition) is 4. The standard InChI is InChI=1S/C22H32N2O6/c1-11(2)23(12(3)4)19(25)15-9-16(20(26)24(13(5)6)14(7)8)18(22(29)30)10-17(15)21(27)28/h9-14H,1-8H3,(H,27,28)(H,29,30). The highest BCUT2D eigenvalue weighted by molar-refractivity contribution is 6.12. The topological polar surface area (TPSA) is 115 Å². The molecular weight excluding hydrogens is 388 g/mol. The van der Waals surface area contributed by atoms with Crippen molar-refractivity contribution < 1.29 is 29.4 Å². The van der Waals surface area contributed by atoms with Crippen molar-refractivity contribution in [2.45, 2.75) is 79.6 Å². The molecule has 0 fully saturated rings. The Hall–Kier alpha value is -2.90. The van der Waals surface area contributed by atoms with Gasteiger partial charge in [0.25, 0.3) is 11.8 Å². The van der Waals surface area contributed by atoms with Crippen LogP contribution in [0.25, 0.3) is 0 Å². The quantitative estimate of drug-likeness (QED) is 0.664. The minimum Gasteiger partial charge on any atom is -0.478 e. The highest BCUT2D eigenvalue weighted by Gasteiger charge is 2.32. The summed E-state index contributed by atoms with van der Waals surface area (Å²) in [5, 5.41) is 19.3. The van der Waals surface area contributed by atoms with Crippen molar-refractivity contribution in [3.05, 3.63) is 34.4 Å². The first-order valence-electron chi connectivity index (χ1n) is 10.0. The van der Waals surface area contributed by atoms with Crippen LogP contribution in [0.2, 0.25) is 0 Å². The predicted molar refractivity (Wildman–Crippen MR) is 113 cm³/mol. The number of benzene rings is 1. The van der Waals surface area contributed by atoms with Crippen molar-refractivity contribution in [3.63, 3.8) is 0 Å². The minimum absolute atomic E-state index is 0.203. The lowest BCUT2D eigenvalue weighted by Crippen LogP contribution is -2.44. The van der Waals surface area contributed by atoms with Crippen LogP contribution in [0, 0.1) is 0 Å². The molecule has 30 heavy (non-hydrogen) atoms. The van der Waals surface area contributed by atoms with Crippen LogP contribution in [0.3, 0.4) is 0 Å². The summed E-state index contributed by atoms with van der Waals surface area (Å²) in [4.78, 5) is 53.1. The molecule has 0 heterocycles. The van der Waals surface area contributed by atoms with E-state index in [1.54, 1.807) is 55.4 Å². The fourth-order valence-corrected chi connectivity index (χ4v) is 3.72. The molecule has 0 aliphatic carbocycles. The Morgan fingerprint density at radius 3 is 1.00 bits per heavy atom. The summed E-state index contributed by atoms with van der Waals surface area (Å²) in [5.74, 6) is -4.00. The number of carboxylic acid groups (broad SMARTS) is 2. The third-order valence-corrected chi connectivity index (χ3v) is 4.77. The minimum atomic E-state index is -1.43. The summed E-state index contributed by atoms with van der Waals surface area (Å²) >= 11 is 0. The maximum atomic E-state index is 13.2. The summed E-state index contributed by atoms with van der Waals surface area (Å²) in [6, 6.07) is 1.14. The van der Waals surface area contributed by atoms with Crippen molar-refractivity contribution in [1.82, 2.24) is 9.80 Å². The number of rotatable bonds is 8. The van der Waals surface area contributed by atoms with Gasteiger partial charge in [-0.05, 0) is 67.5 Å². The van der Waals surface area contributed by atoms with Gasteiger partial charge < -0.3 is 20.0 Å². The van der Waals surface area contributed by atoms with E-state index in [-0.39, 0.29) is 35.3 Å². The molecule has 8 nitrogen and oxygen atoms in total. The van der Waals surface area contributed by atoms with Crippen LogP contribution in [0.1, 0.15) is 96.8 Å². The van der Waals surface area contributed by atoms with Gasteiger partial charge in [-0.1, -0.05) is 0 Å². The lowest BCUT2D eigenvalue weighted by atomic mass is 9.95. The molecule has 0 spiro atoms. The number of carboxylic acids is 2. The first-order valence-corrected chi connectivity index (χ1v) is 10.0. The van der Waals surface area contributed by atoms with Crippen LogP contribution in [0.4, 0.5) is 0 Å². The second-order valence-electron chi connectivity index (χ2n) is 8.35. The van der Waals surface area contributed by atoms with Gasteiger partial charge in [0.2, 0.25) is 0 Å². The van der Waals surface area contributed by atoms with E-state index in [0.717, 1.165) is 12.1 Å². The van der Waals surface area contributed by atoms with Gasteiger partial charge in [0.1, 0.15) is 0 Å².